The van der Waals surface area contributed by atoms with Gasteiger partial charge >= 0.3 is 12.1 Å². The molecule has 0 aromatic heterocycles. The van der Waals surface area contributed by atoms with Crippen LogP contribution in [0.3, 0.4) is 0 Å². The highest BCUT2D eigenvalue weighted by atomic mass is 19.4. The molecule has 0 bridgehead atoms. The third-order valence-electron chi connectivity index (χ3n) is 3.45. The molecular formula is C15H16F3NO5. The van der Waals surface area contributed by atoms with Crippen molar-refractivity contribution in [3.8, 4) is 11.5 Å². The van der Waals surface area contributed by atoms with Gasteiger partial charge in [0.25, 0.3) is 5.91 Å². The predicted molar refractivity (Wildman–Crippen MR) is 75.8 cm³/mol. The second-order valence-electron chi connectivity index (χ2n) is 5.41. The quantitative estimate of drug-likeness (QED) is 0.788. The molecule has 0 spiro atoms. The van der Waals surface area contributed by atoms with Gasteiger partial charge < -0.3 is 19.9 Å². The normalized spacial score (nSPS) is 20.0. The molecule has 0 unspecified atom stereocenters. The van der Waals surface area contributed by atoms with Crippen molar-refractivity contribution in [3.63, 3.8) is 0 Å². The Labute approximate surface area is 135 Å². The molecular weight excluding hydrogens is 331 g/mol. The lowest BCUT2D eigenvalue weighted by atomic mass is 9.80. The molecule has 1 saturated carbocycles. The molecule has 0 saturated heterocycles. The van der Waals surface area contributed by atoms with E-state index < -0.39 is 37.2 Å². The number of nitrogens with one attached hydrogen (secondary N) is 1. The molecule has 6 nitrogen and oxygen atoms in total. The van der Waals surface area contributed by atoms with Crippen LogP contribution in [0.15, 0.2) is 24.3 Å². The maximum atomic E-state index is 12.2. The van der Waals surface area contributed by atoms with Gasteiger partial charge in [0.2, 0.25) is 0 Å². The Hall–Kier alpha value is -2.45. The van der Waals surface area contributed by atoms with Gasteiger partial charge in [0.15, 0.2) is 24.7 Å². The van der Waals surface area contributed by atoms with Crippen LogP contribution in [0.2, 0.25) is 0 Å². The average molecular weight is 347 g/mol. The van der Waals surface area contributed by atoms with Crippen LogP contribution >= 0.6 is 0 Å². The van der Waals surface area contributed by atoms with Crippen molar-refractivity contribution in [1.29, 1.82) is 0 Å². The van der Waals surface area contributed by atoms with Crippen molar-refractivity contribution in [2.75, 3.05) is 13.2 Å². The first-order chi connectivity index (χ1) is 11.2. The number of hydrogen-bond donors (Lipinski definition) is 2. The van der Waals surface area contributed by atoms with E-state index in [1.165, 1.54) is 24.3 Å². The van der Waals surface area contributed by atoms with Crippen LogP contribution in [0, 0.1) is 5.92 Å². The van der Waals surface area contributed by atoms with Crippen LogP contribution in [0.5, 0.6) is 11.5 Å². The zero-order chi connectivity index (χ0) is 17.7. The van der Waals surface area contributed by atoms with E-state index in [9.17, 15) is 22.8 Å². The van der Waals surface area contributed by atoms with Gasteiger partial charge in [-0.25, -0.2) is 0 Å². The van der Waals surface area contributed by atoms with Crippen molar-refractivity contribution < 1.29 is 37.3 Å². The summed E-state index contributed by atoms with van der Waals surface area (Å²) in [6.45, 7) is -1.86. The van der Waals surface area contributed by atoms with E-state index in [4.69, 9.17) is 9.84 Å². The Kier molecular flexibility index (Phi) is 5.53. The van der Waals surface area contributed by atoms with Crippen LogP contribution in [-0.4, -0.2) is 42.4 Å². The summed E-state index contributed by atoms with van der Waals surface area (Å²) < 4.78 is 46.4. The first kappa shape index (κ1) is 17.9. The number of carboxylic acids is 1. The van der Waals surface area contributed by atoms with Crippen LogP contribution in [0.4, 0.5) is 13.2 Å². The topological polar surface area (TPSA) is 84.9 Å². The van der Waals surface area contributed by atoms with Crippen molar-refractivity contribution >= 4 is 11.9 Å². The first-order valence-electron chi connectivity index (χ1n) is 7.18. The second-order valence-corrected chi connectivity index (χ2v) is 5.41. The largest absolute Gasteiger partial charge is 0.481 e. The highest BCUT2D eigenvalue weighted by Crippen LogP contribution is 2.29. The number of para-hydroxylation sites is 2. The summed E-state index contributed by atoms with van der Waals surface area (Å²) in [6, 6.07) is 5.50. The monoisotopic (exact) mass is 347 g/mol. The van der Waals surface area contributed by atoms with Crippen LogP contribution < -0.4 is 14.8 Å². The molecule has 24 heavy (non-hydrogen) atoms. The van der Waals surface area contributed by atoms with E-state index in [1.54, 1.807) is 0 Å². The lowest BCUT2D eigenvalue weighted by Crippen LogP contribution is -2.48. The summed E-state index contributed by atoms with van der Waals surface area (Å²) in [5.74, 6) is -1.92. The number of alkyl halides is 3. The SMILES string of the molecule is O=C(COc1ccccc1OCC(F)(F)F)NC1CC(C(=O)O)C1. The molecule has 1 aliphatic rings. The van der Waals surface area contributed by atoms with Gasteiger partial charge in [0.1, 0.15) is 0 Å². The third-order valence-corrected chi connectivity index (χ3v) is 3.45. The summed E-state index contributed by atoms with van der Waals surface area (Å²) in [4.78, 5) is 22.4. The van der Waals surface area contributed by atoms with Gasteiger partial charge in [-0.3, -0.25) is 9.59 Å². The zero-order valence-electron chi connectivity index (χ0n) is 12.5. The number of benzene rings is 1. The number of amides is 1. The van der Waals surface area contributed by atoms with E-state index in [0.717, 1.165) is 0 Å². The predicted octanol–water partition coefficient (Wildman–Crippen LogP) is 1.99. The first-order valence-corrected chi connectivity index (χ1v) is 7.18. The maximum Gasteiger partial charge on any atom is 0.422 e. The number of ether oxygens (including phenoxy) is 2. The number of aliphatic carboxylic acids is 1. The Bertz CT molecular complexity index is 599. The van der Waals surface area contributed by atoms with Crippen LogP contribution in [-0.2, 0) is 9.59 Å². The second kappa shape index (κ2) is 7.41. The smallest absolute Gasteiger partial charge is 0.422 e. The van der Waals surface area contributed by atoms with E-state index in [-0.39, 0.29) is 17.5 Å². The molecule has 1 aromatic carbocycles. The standard InChI is InChI=1S/C15H16F3NO5/c16-15(17,18)8-24-12-4-2-1-3-11(12)23-7-13(20)19-10-5-9(6-10)14(21)22/h1-4,9-10H,5-8H2,(H,19,20)(H,21,22). The molecule has 1 fully saturated rings. The van der Waals surface area contributed by atoms with Crippen LogP contribution in [0.1, 0.15) is 12.8 Å². The minimum absolute atomic E-state index is 0.0221. The maximum absolute atomic E-state index is 12.2. The van der Waals surface area contributed by atoms with Gasteiger partial charge in [-0.15, -0.1) is 0 Å². The summed E-state index contributed by atoms with van der Waals surface area (Å²) in [7, 11) is 0. The van der Waals surface area contributed by atoms with E-state index in [2.05, 4.69) is 10.1 Å². The number of halogens is 3. The molecule has 0 radical (unpaired) electrons. The van der Waals surface area contributed by atoms with Crippen molar-refractivity contribution in [2.24, 2.45) is 5.92 Å². The minimum Gasteiger partial charge on any atom is -0.481 e. The number of carbonyl (C=O) groups is 2. The fourth-order valence-electron chi connectivity index (χ4n) is 2.20. The highest BCUT2D eigenvalue weighted by molar-refractivity contribution is 5.79. The molecule has 0 heterocycles. The number of carboxylic acid groups (broad SMARTS) is 1. The fraction of sp³-hybridized carbons (Fsp3) is 0.467. The number of carbonyl (C=O) groups excluding carboxylic acids is 1. The van der Waals surface area contributed by atoms with Gasteiger partial charge in [-0.1, -0.05) is 12.1 Å². The van der Waals surface area contributed by atoms with E-state index >= 15 is 0 Å². The summed E-state index contributed by atoms with van der Waals surface area (Å²) in [6.07, 6.45) is -3.77. The summed E-state index contributed by atoms with van der Waals surface area (Å²) in [5, 5.41) is 11.3. The van der Waals surface area contributed by atoms with Crippen molar-refractivity contribution in [3.05, 3.63) is 24.3 Å². The molecule has 1 aromatic rings. The molecule has 9 heteroatoms. The molecule has 1 amide bonds. The fourth-order valence-corrected chi connectivity index (χ4v) is 2.20. The lowest BCUT2D eigenvalue weighted by Gasteiger charge is -2.32. The zero-order valence-corrected chi connectivity index (χ0v) is 12.5. The molecule has 0 aliphatic heterocycles. The molecule has 2 N–H and O–H groups in total. The Morgan fingerprint density at radius 2 is 1.75 bits per heavy atom. The Morgan fingerprint density at radius 3 is 2.29 bits per heavy atom. The number of rotatable bonds is 7. The Morgan fingerprint density at radius 1 is 1.17 bits per heavy atom. The van der Waals surface area contributed by atoms with Gasteiger partial charge in [-0.05, 0) is 25.0 Å². The molecule has 0 atom stereocenters. The molecule has 2 rings (SSSR count). The molecule has 1 aliphatic carbocycles. The minimum atomic E-state index is -4.48. The Balaban J connectivity index is 1.79. The van der Waals surface area contributed by atoms with Gasteiger partial charge in [0.05, 0.1) is 5.92 Å². The highest BCUT2D eigenvalue weighted by Gasteiger charge is 2.35. The van der Waals surface area contributed by atoms with Gasteiger partial charge in [0, 0.05) is 6.04 Å². The van der Waals surface area contributed by atoms with E-state index in [0.29, 0.717) is 12.8 Å². The summed E-state index contributed by atoms with van der Waals surface area (Å²) >= 11 is 0. The third kappa shape index (κ3) is 5.32. The van der Waals surface area contributed by atoms with E-state index in [1.807, 2.05) is 0 Å². The van der Waals surface area contributed by atoms with Gasteiger partial charge in [-0.2, -0.15) is 13.2 Å². The van der Waals surface area contributed by atoms with Crippen molar-refractivity contribution in [1.82, 2.24) is 5.32 Å². The van der Waals surface area contributed by atoms with Crippen molar-refractivity contribution in [2.45, 2.75) is 25.1 Å². The van der Waals surface area contributed by atoms with Crippen LogP contribution in [0.25, 0.3) is 0 Å². The molecule has 132 valence electrons. The lowest BCUT2D eigenvalue weighted by molar-refractivity contribution is -0.153. The average Bonchev–Trinajstić information content (AvgIpc) is 2.46. The number of hydrogen-bond acceptors (Lipinski definition) is 4. The summed E-state index contributed by atoms with van der Waals surface area (Å²) in [5.41, 5.74) is 0.